The zero-order valence-corrected chi connectivity index (χ0v) is 13.4. The highest BCUT2D eigenvalue weighted by atomic mass is 32.1. The first-order valence-electron chi connectivity index (χ1n) is 7.33. The summed E-state index contributed by atoms with van der Waals surface area (Å²) in [6, 6.07) is 9.37. The molecule has 7 heteroatoms. The summed E-state index contributed by atoms with van der Waals surface area (Å²) in [5, 5.41) is 12.0. The molecule has 0 saturated heterocycles. The van der Waals surface area contributed by atoms with Gasteiger partial charge >= 0.3 is 5.97 Å². The minimum Gasteiger partial charge on any atom is -0.481 e. The van der Waals surface area contributed by atoms with Crippen molar-refractivity contribution in [2.24, 2.45) is 5.92 Å². The van der Waals surface area contributed by atoms with E-state index >= 15 is 0 Å². The molecule has 122 valence electrons. The molecule has 24 heavy (non-hydrogen) atoms. The first-order chi connectivity index (χ1) is 11.5. The van der Waals surface area contributed by atoms with Gasteiger partial charge in [-0.1, -0.05) is 41.7 Å². The van der Waals surface area contributed by atoms with Crippen LogP contribution in [0.5, 0.6) is 0 Å². The Bertz CT molecular complexity index is 826. The topological polar surface area (TPSA) is 96.4 Å². The molecule has 0 spiro atoms. The van der Waals surface area contributed by atoms with E-state index in [1.165, 1.54) is 6.08 Å². The number of benzene rings is 1. The summed E-state index contributed by atoms with van der Waals surface area (Å²) in [5.41, 5.74) is 1.34. The third kappa shape index (κ3) is 3.57. The number of thiazole rings is 1. The molecule has 0 bridgehead atoms. The predicted octanol–water partition coefficient (Wildman–Crippen LogP) is 2.62. The SMILES string of the molecule is O=C(/C=C/c1ccccc1)Nc1nc2c(s1)C(=O)C[C@H](C(=O)O)C2. The van der Waals surface area contributed by atoms with Crippen LogP contribution in [0.25, 0.3) is 6.08 Å². The van der Waals surface area contributed by atoms with Crippen LogP contribution in [0.2, 0.25) is 0 Å². The van der Waals surface area contributed by atoms with Crippen LogP contribution in [0.15, 0.2) is 36.4 Å². The van der Waals surface area contributed by atoms with E-state index in [-0.39, 0.29) is 24.5 Å². The molecular weight excluding hydrogens is 328 g/mol. The molecular formula is C17H14N2O4S. The van der Waals surface area contributed by atoms with Crippen LogP contribution < -0.4 is 5.32 Å². The maximum Gasteiger partial charge on any atom is 0.307 e. The Labute approximate surface area is 141 Å². The quantitative estimate of drug-likeness (QED) is 0.833. The Hall–Kier alpha value is -2.80. The molecule has 1 aromatic carbocycles. The number of carbonyl (C=O) groups is 3. The Morgan fingerprint density at radius 2 is 2.00 bits per heavy atom. The number of carbonyl (C=O) groups excluding carboxylic acids is 2. The van der Waals surface area contributed by atoms with E-state index < -0.39 is 11.9 Å². The van der Waals surface area contributed by atoms with Gasteiger partial charge in [-0.05, 0) is 11.6 Å². The summed E-state index contributed by atoms with van der Waals surface area (Å²) in [5.74, 6) is -2.33. The Kier molecular flexibility index (Phi) is 4.52. The van der Waals surface area contributed by atoms with Crippen molar-refractivity contribution in [1.82, 2.24) is 4.98 Å². The molecule has 0 radical (unpaired) electrons. The van der Waals surface area contributed by atoms with Gasteiger partial charge in [0.2, 0.25) is 5.91 Å². The number of aromatic nitrogens is 1. The fourth-order valence-corrected chi connectivity index (χ4v) is 3.39. The lowest BCUT2D eigenvalue weighted by Gasteiger charge is -2.15. The number of Topliss-reactive ketones (excluding diaryl/α,β-unsaturated/α-hetero) is 1. The zero-order valence-electron chi connectivity index (χ0n) is 12.6. The standard InChI is InChI=1S/C17H14N2O4S/c20-13-9-11(16(22)23)8-12-15(13)24-17(18-12)19-14(21)7-6-10-4-2-1-3-5-10/h1-7,11H,8-9H2,(H,22,23)(H,18,19,21)/b7-6+/t11-/m1/s1. The molecule has 1 heterocycles. The van der Waals surface area contributed by atoms with Crippen LogP contribution in [-0.2, 0) is 16.0 Å². The second-order valence-electron chi connectivity index (χ2n) is 5.39. The zero-order chi connectivity index (χ0) is 17.1. The summed E-state index contributed by atoms with van der Waals surface area (Å²) < 4.78 is 0. The molecule has 2 N–H and O–H groups in total. The Balaban J connectivity index is 1.70. The number of nitrogens with zero attached hydrogens (tertiary/aromatic N) is 1. The average Bonchev–Trinajstić information content (AvgIpc) is 2.97. The number of nitrogens with one attached hydrogen (secondary N) is 1. The van der Waals surface area contributed by atoms with Crippen molar-refractivity contribution in [2.45, 2.75) is 12.8 Å². The smallest absolute Gasteiger partial charge is 0.307 e. The van der Waals surface area contributed by atoms with Gasteiger partial charge in [-0.2, -0.15) is 0 Å². The van der Waals surface area contributed by atoms with E-state index in [4.69, 9.17) is 5.11 Å². The number of hydrogen-bond acceptors (Lipinski definition) is 5. The number of anilines is 1. The molecule has 2 aromatic rings. The van der Waals surface area contributed by atoms with Crippen LogP contribution in [0, 0.1) is 5.92 Å². The Morgan fingerprint density at radius 3 is 2.71 bits per heavy atom. The van der Waals surface area contributed by atoms with Crippen molar-refractivity contribution in [1.29, 1.82) is 0 Å². The number of aliphatic carboxylic acids is 1. The third-order valence-corrected chi connectivity index (χ3v) is 4.68. The number of hydrogen-bond donors (Lipinski definition) is 2. The lowest BCUT2D eigenvalue weighted by molar-refractivity contribution is -0.141. The van der Waals surface area contributed by atoms with Crippen molar-refractivity contribution in [3.63, 3.8) is 0 Å². The molecule has 1 amide bonds. The van der Waals surface area contributed by atoms with Gasteiger partial charge in [0.05, 0.1) is 16.5 Å². The highest BCUT2D eigenvalue weighted by Crippen LogP contribution is 2.32. The molecule has 1 atom stereocenters. The molecule has 0 unspecified atom stereocenters. The van der Waals surface area contributed by atoms with E-state index in [1.54, 1.807) is 6.08 Å². The van der Waals surface area contributed by atoms with Crippen LogP contribution in [0.3, 0.4) is 0 Å². The van der Waals surface area contributed by atoms with E-state index in [2.05, 4.69) is 10.3 Å². The van der Waals surface area contributed by atoms with Crippen molar-refractivity contribution in [3.8, 4) is 0 Å². The van der Waals surface area contributed by atoms with Gasteiger partial charge in [-0.15, -0.1) is 0 Å². The van der Waals surface area contributed by atoms with Gasteiger partial charge in [0.15, 0.2) is 10.9 Å². The third-order valence-electron chi connectivity index (χ3n) is 3.63. The predicted molar refractivity (Wildman–Crippen MR) is 90.0 cm³/mol. The van der Waals surface area contributed by atoms with Gasteiger partial charge in [-0.3, -0.25) is 19.7 Å². The number of rotatable bonds is 4. The summed E-state index contributed by atoms with van der Waals surface area (Å²) in [7, 11) is 0. The van der Waals surface area contributed by atoms with Crippen LogP contribution >= 0.6 is 11.3 Å². The normalized spacial score (nSPS) is 16.8. The molecule has 0 saturated carbocycles. The Morgan fingerprint density at radius 1 is 1.25 bits per heavy atom. The van der Waals surface area contributed by atoms with Gasteiger partial charge in [-0.25, -0.2) is 4.98 Å². The molecule has 1 aliphatic carbocycles. The number of carboxylic acids is 1. The molecule has 3 rings (SSSR count). The minimum atomic E-state index is -1.00. The second-order valence-corrected chi connectivity index (χ2v) is 6.39. The second kappa shape index (κ2) is 6.76. The van der Waals surface area contributed by atoms with Crippen LogP contribution in [-0.4, -0.2) is 27.8 Å². The van der Waals surface area contributed by atoms with Crippen molar-refractivity contribution < 1.29 is 19.5 Å². The lowest BCUT2D eigenvalue weighted by Crippen LogP contribution is -2.25. The fraction of sp³-hybridized carbons (Fsp3) is 0.176. The van der Waals surface area contributed by atoms with Crippen molar-refractivity contribution in [2.75, 3.05) is 5.32 Å². The van der Waals surface area contributed by atoms with Gasteiger partial charge in [0.25, 0.3) is 0 Å². The number of carboxylic acid groups (broad SMARTS) is 1. The van der Waals surface area contributed by atoms with Gasteiger partial charge in [0, 0.05) is 18.9 Å². The summed E-state index contributed by atoms with van der Waals surface area (Å²) in [4.78, 5) is 39.6. The average molecular weight is 342 g/mol. The number of fused-ring (bicyclic) bond motifs is 1. The lowest BCUT2D eigenvalue weighted by atomic mass is 9.90. The first kappa shape index (κ1) is 16.1. The highest BCUT2D eigenvalue weighted by molar-refractivity contribution is 7.17. The summed E-state index contributed by atoms with van der Waals surface area (Å²) >= 11 is 1.09. The maximum absolute atomic E-state index is 12.0. The molecule has 1 aromatic heterocycles. The van der Waals surface area contributed by atoms with E-state index in [0.29, 0.717) is 15.7 Å². The van der Waals surface area contributed by atoms with Crippen LogP contribution in [0.4, 0.5) is 5.13 Å². The van der Waals surface area contributed by atoms with E-state index in [1.807, 2.05) is 30.3 Å². The molecule has 0 fully saturated rings. The first-order valence-corrected chi connectivity index (χ1v) is 8.14. The highest BCUT2D eigenvalue weighted by Gasteiger charge is 2.32. The largest absolute Gasteiger partial charge is 0.481 e. The maximum atomic E-state index is 12.0. The summed E-state index contributed by atoms with van der Waals surface area (Å²) in [6.07, 6.45) is 3.25. The molecule has 0 aliphatic heterocycles. The molecule has 6 nitrogen and oxygen atoms in total. The van der Waals surface area contributed by atoms with Crippen molar-refractivity contribution >= 4 is 40.2 Å². The fourth-order valence-electron chi connectivity index (χ4n) is 2.44. The molecule has 1 aliphatic rings. The van der Waals surface area contributed by atoms with E-state index in [0.717, 1.165) is 16.9 Å². The van der Waals surface area contributed by atoms with Crippen molar-refractivity contribution in [3.05, 3.63) is 52.5 Å². The minimum absolute atomic E-state index is 0.0220. The summed E-state index contributed by atoms with van der Waals surface area (Å²) in [6.45, 7) is 0. The number of amides is 1. The van der Waals surface area contributed by atoms with Gasteiger partial charge in [0.1, 0.15) is 0 Å². The van der Waals surface area contributed by atoms with Gasteiger partial charge < -0.3 is 5.11 Å². The van der Waals surface area contributed by atoms with Crippen LogP contribution in [0.1, 0.15) is 27.3 Å². The van der Waals surface area contributed by atoms with E-state index in [9.17, 15) is 14.4 Å². The monoisotopic (exact) mass is 342 g/mol. The number of ketones is 1.